The normalized spacial score (nSPS) is 27.9. The van der Waals surface area contributed by atoms with Crippen LogP contribution in [0.4, 0.5) is 0 Å². The second-order valence-electron chi connectivity index (χ2n) is 18.2. The number of hydrogen-bond donors (Lipinski definition) is 1. The van der Waals surface area contributed by atoms with E-state index in [1.54, 1.807) is 19.3 Å². The van der Waals surface area contributed by atoms with Gasteiger partial charge in [0.15, 0.2) is 0 Å². The Morgan fingerprint density at radius 2 is 1.35 bits per heavy atom. The molecule has 1 aliphatic heterocycles. The number of carbonyl (C=O) groups is 2. The molecule has 0 spiro atoms. The highest BCUT2D eigenvalue weighted by Gasteiger charge is 2.51. The fourth-order valence-electron chi connectivity index (χ4n) is 10.1. The van der Waals surface area contributed by atoms with E-state index in [-0.39, 0.29) is 18.4 Å². The average molecular weight is 682 g/mol. The summed E-state index contributed by atoms with van der Waals surface area (Å²) in [4.78, 5) is 22.9. The first kappa shape index (κ1) is 39.7. The Hall–Kier alpha value is -2.08. The van der Waals surface area contributed by atoms with Gasteiger partial charge in [0.2, 0.25) is 0 Å². The van der Waals surface area contributed by atoms with Gasteiger partial charge in [0.25, 0.3) is 0 Å². The van der Waals surface area contributed by atoms with Gasteiger partial charge >= 0.3 is 5.97 Å². The van der Waals surface area contributed by atoms with Gasteiger partial charge in [0, 0.05) is 30.8 Å². The van der Waals surface area contributed by atoms with Crippen LogP contribution >= 0.6 is 0 Å². The Morgan fingerprint density at radius 3 is 1.86 bits per heavy atom. The van der Waals surface area contributed by atoms with Gasteiger partial charge in [0.05, 0.1) is 12.0 Å². The molecule has 1 heterocycles. The lowest BCUT2D eigenvalue weighted by Gasteiger charge is -2.52. The van der Waals surface area contributed by atoms with Crippen molar-refractivity contribution in [3.05, 3.63) is 22.3 Å². The van der Waals surface area contributed by atoms with Crippen LogP contribution in [-0.4, -0.2) is 23.1 Å². The molecule has 4 saturated carbocycles. The lowest BCUT2D eigenvalue weighted by Crippen LogP contribution is -2.77. The summed E-state index contributed by atoms with van der Waals surface area (Å²) in [6.07, 6.45) is 21.9. The van der Waals surface area contributed by atoms with E-state index in [1.807, 2.05) is 20.8 Å². The van der Waals surface area contributed by atoms with E-state index in [9.17, 15) is 14.7 Å². The number of benzene rings is 1. The Kier molecular flexibility index (Phi) is 14.1. The first-order chi connectivity index (χ1) is 23.1. The van der Waals surface area contributed by atoms with Gasteiger partial charge in [-0.25, -0.2) is 0 Å². The van der Waals surface area contributed by atoms with Crippen molar-refractivity contribution >= 4 is 11.9 Å². The van der Waals surface area contributed by atoms with E-state index in [4.69, 9.17) is 9.47 Å². The smallest absolute Gasteiger partial charge is 0.311 e. The summed E-state index contributed by atoms with van der Waals surface area (Å²) in [5.41, 5.74) is 8.68. The molecule has 1 aromatic rings. The Balaban J connectivity index is 0.000000404. The van der Waals surface area contributed by atoms with Crippen molar-refractivity contribution in [1.29, 1.82) is 0 Å². The zero-order valence-corrected chi connectivity index (χ0v) is 32.6. The van der Waals surface area contributed by atoms with E-state index in [0.29, 0.717) is 11.3 Å². The zero-order valence-electron chi connectivity index (χ0n) is 32.6. The molecule has 1 aromatic carbocycles. The van der Waals surface area contributed by atoms with Crippen LogP contribution in [0.2, 0.25) is 0 Å². The molecule has 3 N–H and O–H groups in total. The molecule has 0 aromatic heterocycles. The van der Waals surface area contributed by atoms with Crippen LogP contribution in [0.25, 0.3) is 0 Å². The third kappa shape index (κ3) is 11.5. The molecule has 6 nitrogen and oxygen atoms in total. The predicted molar refractivity (Wildman–Crippen MR) is 196 cm³/mol. The number of hydrogen-bond acceptors (Lipinski definition) is 5. The van der Waals surface area contributed by atoms with Crippen molar-refractivity contribution in [3.63, 3.8) is 0 Å². The van der Waals surface area contributed by atoms with Crippen molar-refractivity contribution in [2.75, 3.05) is 0 Å². The van der Waals surface area contributed by atoms with Crippen molar-refractivity contribution in [3.8, 4) is 11.5 Å². The van der Waals surface area contributed by atoms with Gasteiger partial charge in [0.1, 0.15) is 17.1 Å². The summed E-state index contributed by atoms with van der Waals surface area (Å²) < 4.78 is 12.3. The fraction of sp³-hybridized carbons (Fsp3) is 0.814. The molecule has 49 heavy (non-hydrogen) atoms. The number of esters is 1. The molecule has 4 aliphatic carbocycles. The highest BCUT2D eigenvalue weighted by molar-refractivity contribution is 5.78. The van der Waals surface area contributed by atoms with Gasteiger partial charge in [-0.2, -0.15) is 0 Å². The van der Waals surface area contributed by atoms with Gasteiger partial charge in [-0.05, 0) is 131 Å². The van der Waals surface area contributed by atoms with Gasteiger partial charge < -0.3 is 25.1 Å². The molecule has 5 aliphatic rings. The van der Waals surface area contributed by atoms with E-state index in [1.165, 1.54) is 70.6 Å². The van der Waals surface area contributed by atoms with Gasteiger partial charge in [-0.3, -0.25) is 4.79 Å². The Morgan fingerprint density at radius 1 is 0.816 bits per heavy atom. The van der Waals surface area contributed by atoms with Gasteiger partial charge in [-0.1, -0.05) is 72.6 Å². The maximum absolute atomic E-state index is 12.2. The van der Waals surface area contributed by atoms with Crippen molar-refractivity contribution in [1.82, 2.24) is 0 Å². The molecule has 6 heteroatoms. The summed E-state index contributed by atoms with van der Waals surface area (Å²) in [6, 6.07) is 0. The summed E-state index contributed by atoms with van der Waals surface area (Å²) in [5, 5.41) is 10.7. The first-order valence-electron chi connectivity index (χ1n) is 20.1. The van der Waals surface area contributed by atoms with E-state index in [2.05, 4.69) is 40.4 Å². The molecule has 0 saturated heterocycles. The second kappa shape index (κ2) is 17.4. The largest absolute Gasteiger partial charge is 0.550 e. The van der Waals surface area contributed by atoms with Crippen LogP contribution in [-0.2, 0) is 16.0 Å². The minimum atomic E-state index is -1.25. The molecule has 3 unspecified atom stereocenters. The predicted octanol–water partition coefficient (Wildman–Crippen LogP) is 8.77. The molecule has 4 bridgehead atoms. The number of quaternary nitrogens is 1. The standard InChI is InChI=1S/C33H54O5.C10H17N/c1-22(2)12-9-13-23(3)14-10-15-24(4)16-11-20-33(8)21-19-28-27(7)31(25(5)26(6)32(28)38-33)37-30(36)18-17-29(34)35;11-10-4-7-1-8(5-10)3-9(2-7)6-10/h22-24H,9-21H2,1-8H3,(H,34,35);7-9H,1-6,11H2. The van der Waals surface area contributed by atoms with E-state index < -0.39 is 11.9 Å². The quantitative estimate of drug-likeness (QED) is 0.139. The highest BCUT2D eigenvalue weighted by atomic mass is 16.5. The minimum Gasteiger partial charge on any atom is -0.550 e. The topological polar surface area (TPSA) is 103 Å². The Labute approximate surface area is 299 Å². The third-order valence-corrected chi connectivity index (χ3v) is 12.8. The molecule has 0 radical (unpaired) electrons. The van der Waals surface area contributed by atoms with Crippen molar-refractivity contribution < 1.29 is 29.9 Å². The summed E-state index contributed by atoms with van der Waals surface area (Å²) in [7, 11) is 0. The summed E-state index contributed by atoms with van der Waals surface area (Å²) in [5.74, 6) is 5.34. The van der Waals surface area contributed by atoms with E-state index >= 15 is 0 Å². The lowest BCUT2D eigenvalue weighted by atomic mass is 9.53. The molecule has 4 fully saturated rings. The Bertz CT molecular complexity index is 1230. The summed E-state index contributed by atoms with van der Waals surface area (Å²) >= 11 is 0. The first-order valence-corrected chi connectivity index (χ1v) is 20.1. The van der Waals surface area contributed by atoms with Crippen molar-refractivity contribution in [2.24, 2.45) is 35.5 Å². The van der Waals surface area contributed by atoms with Crippen LogP contribution in [0.5, 0.6) is 11.5 Å². The molecule has 278 valence electrons. The number of ether oxygens (including phenoxy) is 2. The van der Waals surface area contributed by atoms with E-state index in [0.717, 1.165) is 82.8 Å². The maximum atomic E-state index is 12.2. The molecule has 0 amide bonds. The lowest BCUT2D eigenvalue weighted by molar-refractivity contribution is -0.504. The number of carboxylic acid groups (broad SMARTS) is 1. The monoisotopic (exact) mass is 682 g/mol. The number of aliphatic carboxylic acids is 1. The van der Waals surface area contributed by atoms with Gasteiger partial charge in [-0.15, -0.1) is 0 Å². The zero-order chi connectivity index (χ0) is 35.9. The van der Waals surface area contributed by atoms with Crippen LogP contribution in [0.1, 0.15) is 172 Å². The molecular formula is C43H71NO5. The molecular weight excluding hydrogens is 610 g/mol. The van der Waals surface area contributed by atoms with Crippen LogP contribution in [0.15, 0.2) is 0 Å². The van der Waals surface area contributed by atoms with Crippen molar-refractivity contribution in [2.45, 2.75) is 189 Å². The number of carbonyl (C=O) groups excluding carboxylic acids is 2. The fourth-order valence-corrected chi connectivity index (χ4v) is 10.1. The minimum absolute atomic E-state index is 0.187. The number of carboxylic acids is 1. The molecule has 3 atom stereocenters. The highest BCUT2D eigenvalue weighted by Crippen LogP contribution is 2.53. The third-order valence-electron chi connectivity index (χ3n) is 12.8. The van der Waals surface area contributed by atoms with Crippen LogP contribution < -0.4 is 20.3 Å². The second-order valence-corrected chi connectivity index (χ2v) is 18.2. The number of fused-ring (bicyclic) bond motifs is 1. The average Bonchev–Trinajstić information content (AvgIpc) is 3.00. The number of rotatable bonds is 16. The van der Waals surface area contributed by atoms with Crippen LogP contribution in [0.3, 0.4) is 0 Å². The SMILES string of the molecule is Cc1c(C)c2c(c(C)c1OC(=O)CCC(=O)[O-])CCC(C)(CCCC(C)CCCC(C)CCCC(C)C)O2.[NH3+]C12CC3CC(CC(C3)C1)C2. The molecule has 6 rings (SSSR count). The summed E-state index contributed by atoms with van der Waals surface area (Å²) in [6.45, 7) is 17.6. The maximum Gasteiger partial charge on any atom is 0.311 e. The van der Waals surface area contributed by atoms with Crippen LogP contribution in [0, 0.1) is 56.3 Å².